The largest absolute Gasteiger partial charge is 0.376 e. The van der Waals surface area contributed by atoms with Gasteiger partial charge in [-0.1, -0.05) is 36.4 Å². The van der Waals surface area contributed by atoms with E-state index in [1.807, 2.05) is 58.8 Å². The van der Waals surface area contributed by atoms with Gasteiger partial charge in [0.2, 0.25) is 0 Å². The summed E-state index contributed by atoms with van der Waals surface area (Å²) in [6.45, 7) is 1.93. The number of thiophene rings is 1. The predicted molar refractivity (Wildman–Crippen MR) is 102 cm³/mol. The number of aromatic nitrogens is 2. The maximum absolute atomic E-state index is 13.1. The summed E-state index contributed by atoms with van der Waals surface area (Å²) in [6, 6.07) is 15.9. The Labute approximate surface area is 156 Å². The van der Waals surface area contributed by atoms with E-state index in [1.54, 1.807) is 11.3 Å². The number of carbonyl (C=O) groups is 1. The number of ether oxygens (including phenoxy) is 1. The van der Waals surface area contributed by atoms with Crippen LogP contribution in [0, 0.1) is 0 Å². The molecule has 0 bridgehead atoms. The second-order valence-corrected chi connectivity index (χ2v) is 7.40. The highest BCUT2D eigenvalue weighted by Crippen LogP contribution is 2.24. The molecule has 5 nitrogen and oxygen atoms in total. The van der Waals surface area contributed by atoms with Crippen molar-refractivity contribution in [1.29, 1.82) is 0 Å². The predicted octanol–water partition coefficient (Wildman–Crippen LogP) is 3.96. The lowest BCUT2D eigenvalue weighted by molar-refractivity contribution is 0.0503. The average molecular weight is 367 g/mol. The van der Waals surface area contributed by atoms with Crippen LogP contribution in [0.1, 0.15) is 28.9 Å². The molecule has 1 aromatic carbocycles. The minimum absolute atomic E-state index is 0.0663. The van der Waals surface area contributed by atoms with Gasteiger partial charge in [-0.05, 0) is 35.9 Å². The van der Waals surface area contributed by atoms with Crippen LogP contribution in [0.2, 0.25) is 0 Å². The maximum atomic E-state index is 13.1. The van der Waals surface area contributed by atoms with E-state index in [4.69, 9.17) is 4.74 Å². The molecular formula is C20H21N3O2S. The van der Waals surface area contributed by atoms with Crippen LogP contribution >= 0.6 is 11.3 Å². The standard InChI is InChI=1S/C20H21N3O2S/c24-20(18-12-17(21-22-18)19-9-5-11-26-19)23(14-16-8-4-10-25-16)13-15-6-2-1-3-7-15/h1-3,5-7,9,11-12,16H,4,8,10,13-14H2,(H,21,22). The van der Waals surface area contributed by atoms with E-state index < -0.39 is 0 Å². The van der Waals surface area contributed by atoms with Crippen molar-refractivity contribution in [2.45, 2.75) is 25.5 Å². The average Bonchev–Trinajstić information content (AvgIpc) is 3.42. The van der Waals surface area contributed by atoms with Crippen LogP contribution in [0.5, 0.6) is 0 Å². The highest BCUT2D eigenvalue weighted by molar-refractivity contribution is 7.13. The van der Waals surface area contributed by atoms with Crippen LogP contribution in [-0.2, 0) is 11.3 Å². The van der Waals surface area contributed by atoms with E-state index in [0.717, 1.165) is 35.6 Å². The van der Waals surface area contributed by atoms with E-state index >= 15 is 0 Å². The summed E-state index contributed by atoms with van der Waals surface area (Å²) in [4.78, 5) is 16.0. The van der Waals surface area contributed by atoms with Crippen LogP contribution in [0.15, 0.2) is 53.9 Å². The molecule has 3 aromatic rings. The molecule has 1 N–H and O–H groups in total. The van der Waals surface area contributed by atoms with Gasteiger partial charge in [0.25, 0.3) is 5.91 Å². The fourth-order valence-electron chi connectivity index (χ4n) is 3.21. The summed E-state index contributed by atoms with van der Waals surface area (Å²) >= 11 is 1.62. The fraction of sp³-hybridized carbons (Fsp3) is 0.300. The van der Waals surface area contributed by atoms with Crippen molar-refractivity contribution < 1.29 is 9.53 Å². The minimum atomic E-state index is -0.0663. The topological polar surface area (TPSA) is 58.2 Å². The van der Waals surface area contributed by atoms with Gasteiger partial charge in [-0.2, -0.15) is 5.10 Å². The molecule has 6 heteroatoms. The van der Waals surface area contributed by atoms with Gasteiger partial charge in [-0.15, -0.1) is 11.3 Å². The number of aromatic amines is 1. The van der Waals surface area contributed by atoms with Gasteiger partial charge in [-0.3, -0.25) is 9.89 Å². The molecule has 0 spiro atoms. The zero-order valence-corrected chi connectivity index (χ0v) is 15.2. The van der Waals surface area contributed by atoms with Gasteiger partial charge < -0.3 is 9.64 Å². The first-order chi connectivity index (χ1) is 12.8. The molecule has 1 saturated heterocycles. The molecule has 26 heavy (non-hydrogen) atoms. The number of H-pyrrole nitrogens is 1. The molecule has 0 radical (unpaired) electrons. The first-order valence-corrected chi connectivity index (χ1v) is 9.71. The molecule has 4 rings (SSSR count). The molecule has 2 aromatic heterocycles. The summed E-state index contributed by atoms with van der Waals surface area (Å²) in [7, 11) is 0. The number of hydrogen-bond acceptors (Lipinski definition) is 4. The van der Waals surface area contributed by atoms with E-state index in [0.29, 0.717) is 18.8 Å². The van der Waals surface area contributed by atoms with Crippen molar-refractivity contribution in [2.24, 2.45) is 0 Å². The molecule has 1 atom stereocenters. The Morgan fingerprint density at radius 3 is 2.88 bits per heavy atom. The van der Waals surface area contributed by atoms with Crippen LogP contribution < -0.4 is 0 Å². The van der Waals surface area contributed by atoms with Crippen LogP contribution in [0.3, 0.4) is 0 Å². The number of rotatable bonds is 6. The third-order valence-electron chi connectivity index (χ3n) is 4.54. The zero-order valence-electron chi connectivity index (χ0n) is 14.4. The van der Waals surface area contributed by atoms with Gasteiger partial charge in [-0.25, -0.2) is 0 Å². The summed E-state index contributed by atoms with van der Waals surface area (Å²) in [5.41, 5.74) is 2.43. The fourth-order valence-corrected chi connectivity index (χ4v) is 3.90. The van der Waals surface area contributed by atoms with Crippen LogP contribution in [0.4, 0.5) is 0 Å². The van der Waals surface area contributed by atoms with Crippen LogP contribution in [0.25, 0.3) is 10.6 Å². The molecule has 1 fully saturated rings. The number of carbonyl (C=O) groups excluding carboxylic acids is 1. The van der Waals surface area contributed by atoms with E-state index in [1.165, 1.54) is 0 Å². The second-order valence-electron chi connectivity index (χ2n) is 6.45. The lowest BCUT2D eigenvalue weighted by Crippen LogP contribution is -2.37. The lowest BCUT2D eigenvalue weighted by atomic mass is 10.1. The third kappa shape index (κ3) is 3.86. The normalized spacial score (nSPS) is 16.7. The number of amides is 1. The number of nitrogens with one attached hydrogen (secondary N) is 1. The molecule has 0 saturated carbocycles. The first-order valence-electron chi connectivity index (χ1n) is 8.84. The lowest BCUT2D eigenvalue weighted by Gasteiger charge is -2.25. The van der Waals surface area contributed by atoms with Gasteiger partial charge in [0.1, 0.15) is 0 Å². The number of nitrogens with zero attached hydrogens (tertiary/aromatic N) is 2. The van der Waals surface area contributed by atoms with E-state index in [2.05, 4.69) is 10.2 Å². The Morgan fingerprint density at radius 1 is 1.27 bits per heavy atom. The van der Waals surface area contributed by atoms with Crippen molar-refractivity contribution in [2.75, 3.05) is 13.2 Å². The molecule has 1 aliphatic heterocycles. The number of benzene rings is 1. The number of hydrogen-bond donors (Lipinski definition) is 1. The maximum Gasteiger partial charge on any atom is 0.274 e. The van der Waals surface area contributed by atoms with Crippen molar-refractivity contribution in [3.05, 3.63) is 65.2 Å². The Hall–Kier alpha value is -2.44. The summed E-state index contributed by atoms with van der Waals surface area (Å²) in [5, 5.41) is 9.25. The minimum Gasteiger partial charge on any atom is -0.376 e. The monoisotopic (exact) mass is 367 g/mol. The Balaban J connectivity index is 1.54. The zero-order chi connectivity index (χ0) is 17.8. The van der Waals surface area contributed by atoms with E-state index in [9.17, 15) is 4.79 Å². The molecule has 1 unspecified atom stereocenters. The SMILES string of the molecule is O=C(c1cc(-c2cccs2)[nH]n1)N(Cc1ccccc1)CC1CCCO1. The van der Waals surface area contributed by atoms with Crippen LogP contribution in [-0.4, -0.2) is 40.3 Å². The molecule has 3 heterocycles. The van der Waals surface area contributed by atoms with Crippen molar-refractivity contribution in [3.63, 3.8) is 0 Å². The quantitative estimate of drug-likeness (QED) is 0.717. The third-order valence-corrected chi connectivity index (χ3v) is 5.44. The summed E-state index contributed by atoms with van der Waals surface area (Å²) < 4.78 is 5.75. The Morgan fingerprint density at radius 2 is 2.15 bits per heavy atom. The smallest absolute Gasteiger partial charge is 0.274 e. The van der Waals surface area contributed by atoms with Crippen molar-refractivity contribution in [1.82, 2.24) is 15.1 Å². The Kier molecular flexibility index (Phi) is 5.13. The van der Waals surface area contributed by atoms with Crippen molar-refractivity contribution in [3.8, 4) is 10.6 Å². The summed E-state index contributed by atoms with van der Waals surface area (Å²) in [6.07, 6.45) is 2.17. The summed E-state index contributed by atoms with van der Waals surface area (Å²) in [5.74, 6) is -0.0663. The van der Waals surface area contributed by atoms with Gasteiger partial charge >= 0.3 is 0 Å². The first kappa shape index (κ1) is 17.0. The van der Waals surface area contributed by atoms with E-state index in [-0.39, 0.29) is 12.0 Å². The molecule has 1 amide bonds. The highest BCUT2D eigenvalue weighted by atomic mass is 32.1. The molecular weight excluding hydrogens is 346 g/mol. The van der Waals surface area contributed by atoms with Crippen molar-refractivity contribution >= 4 is 17.2 Å². The molecule has 1 aliphatic rings. The van der Waals surface area contributed by atoms with Gasteiger partial charge in [0, 0.05) is 19.7 Å². The van der Waals surface area contributed by atoms with Gasteiger partial charge in [0.05, 0.1) is 16.7 Å². The van der Waals surface area contributed by atoms with Gasteiger partial charge in [0.15, 0.2) is 5.69 Å². The molecule has 134 valence electrons. The highest BCUT2D eigenvalue weighted by Gasteiger charge is 2.25. The molecule has 0 aliphatic carbocycles. The Bertz CT molecular complexity index is 839. The second kappa shape index (κ2) is 7.85.